The van der Waals surface area contributed by atoms with Crippen molar-refractivity contribution in [3.8, 4) is 5.75 Å². The molecule has 7 nitrogen and oxygen atoms in total. The predicted octanol–water partition coefficient (Wildman–Crippen LogP) is 1.54. The third-order valence-corrected chi connectivity index (χ3v) is 4.38. The molecule has 0 atom stereocenters. The topological polar surface area (TPSA) is 70.8 Å². The fourth-order valence-electron chi connectivity index (χ4n) is 2.91. The van der Waals surface area contributed by atoms with Gasteiger partial charge in [-0.1, -0.05) is 5.16 Å². The van der Waals surface area contributed by atoms with Crippen molar-refractivity contribution in [2.75, 3.05) is 51.3 Å². The van der Waals surface area contributed by atoms with Crippen molar-refractivity contribution in [1.82, 2.24) is 15.4 Å². The minimum atomic E-state index is -0.186. The summed E-state index contributed by atoms with van der Waals surface area (Å²) in [5.41, 5.74) is 1.55. The molecule has 1 saturated heterocycles. The van der Waals surface area contributed by atoms with Crippen LogP contribution in [0.5, 0.6) is 5.75 Å². The Labute approximate surface area is 147 Å². The van der Waals surface area contributed by atoms with E-state index in [1.165, 1.54) is 5.69 Å². The normalized spacial score (nSPS) is 15.2. The molecular formula is C18H24N4O3. The third-order valence-electron chi connectivity index (χ3n) is 4.38. The Balaban J connectivity index is 1.39. The number of carbonyl (C=O) groups is 1. The van der Waals surface area contributed by atoms with Gasteiger partial charge in [0.25, 0.3) is 5.91 Å². The molecule has 0 radical (unpaired) electrons. The highest BCUT2D eigenvalue weighted by atomic mass is 16.5. The molecule has 134 valence electrons. The SMILES string of the molecule is COc1ccc(N2CCN(CCNC(=O)c3cc(C)on3)CC2)cc1. The molecule has 1 aromatic heterocycles. The van der Waals surface area contributed by atoms with Gasteiger partial charge in [0, 0.05) is 51.0 Å². The maximum absolute atomic E-state index is 11.9. The first-order chi connectivity index (χ1) is 12.2. The van der Waals surface area contributed by atoms with E-state index in [0.29, 0.717) is 18.0 Å². The molecule has 25 heavy (non-hydrogen) atoms. The zero-order chi connectivity index (χ0) is 17.6. The summed E-state index contributed by atoms with van der Waals surface area (Å²) in [6.45, 7) is 7.11. The Bertz CT molecular complexity index is 691. The van der Waals surface area contributed by atoms with Crippen molar-refractivity contribution in [2.24, 2.45) is 0 Å². The standard InChI is InChI=1S/C18H24N4O3/c1-14-13-17(20-25-14)18(23)19-7-8-21-9-11-22(12-10-21)15-3-5-16(24-2)6-4-15/h3-6,13H,7-12H2,1-2H3,(H,19,23). The molecule has 1 fully saturated rings. The number of anilines is 1. The number of amides is 1. The molecule has 0 bridgehead atoms. The van der Waals surface area contributed by atoms with Crippen molar-refractivity contribution in [2.45, 2.75) is 6.92 Å². The highest BCUT2D eigenvalue weighted by Crippen LogP contribution is 2.20. The summed E-state index contributed by atoms with van der Waals surface area (Å²) in [7, 11) is 1.68. The number of aromatic nitrogens is 1. The molecular weight excluding hydrogens is 320 g/mol. The number of piperazine rings is 1. The lowest BCUT2D eigenvalue weighted by Gasteiger charge is -2.36. The van der Waals surface area contributed by atoms with Crippen LogP contribution in [-0.2, 0) is 0 Å². The fraction of sp³-hybridized carbons (Fsp3) is 0.444. The van der Waals surface area contributed by atoms with E-state index in [1.54, 1.807) is 20.1 Å². The molecule has 1 aliphatic rings. The number of carbonyl (C=O) groups excluding carboxylic acids is 1. The van der Waals surface area contributed by atoms with Crippen LogP contribution < -0.4 is 15.0 Å². The molecule has 0 spiro atoms. The number of methoxy groups -OCH3 is 1. The average molecular weight is 344 g/mol. The molecule has 1 amide bonds. The van der Waals surface area contributed by atoms with Gasteiger partial charge < -0.3 is 19.5 Å². The number of hydrogen-bond acceptors (Lipinski definition) is 6. The Hall–Kier alpha value is -2.54. The van der Waals surface area contributed by atoms with E-state index in [-0.39, 0.29) is 5.91 Å². The summed E-state index contributed by atoms with van der Waals surface area (Å²) in [6, 6.07) is 9.80. The summed E-state index contributed by atoms with van der Waals surface area (Å²) in [4.78, 5) is 16.6. The number of nitrogens with zero attached hydrogens (tertiary/aromatic N) is 3. The minimum Gasteiger partial charge on any atom is -0.497 e. The van der Waals surface area contributed by atoms with Gasteiger partial charge in [-0.25, -0.2) is 0 Å². The number of nitrogens with one attached hydrogen (secondary N) is 1. The lowest BCUT2D eigenvalue weighted by molar-refractivity contribution is 0.0938. The molecule has 0 saturated carbocycles. The Morgan fingerprint density at radius 3 is 2.56 bits per heavy atom. The van der Waals surface area contributed by atoms with E-state index in [0.717, 1.165) is 38.5 Å². The molecule has 1 aromatic carbocycles. The van der Waals surface area contributed by atoms with Gasteiger partial charge in [0.1, 0.15) is 11.5 Å². The second kappa shape index (κ2) is 8.02. The first-order valence-electron chi connectivity index (χ1n) is 8.48. The highest BCUT2D eigenvalue weighted by molar-refractivity contribution is 5.92. The molecule has 0 aliphatic carbocycles. The maximum Gasteiger partial charge on any atom is 0.273 e. The highest BCUT2D eigenvalue weighted by Gasteiger charge is 2.17. The van der Waals surface area contributed by atoms with Crippen LogP contribution >= 0.6 is 0 Å². The lowest BCUT2D eigenvalue weighted by atomic mass is 10.2. The molecule has 2 aromatic rings. The van der Waals surface area contributed by atoms with Crippen LogP contribution in [0.1, 0.15) is 16.2 Å². The van der Waals surface area contributed by atoms with E-state index < -0.39 is 0 Å². The van der Waals surface area contributed by atoms with E-state index in [4.69, 9.17) is 9.26 Å². The van der Waals surface area contributed by atoms with Gasteiger partial charge in [0.2, 0.25) is 0 Å². The van der Waals surface area contributed by atoms with Crippen molar-refractivity contribution in [1.29, 1.82) is 0 Å². The monoisotopic (exact) mass is 344 g/mol. The summed E-state index contributed by atoms with van der Waals surface area (Å²) in [5.74, 6) is 1.33. The van der Waals surface area contributed by atoms with E-state index in [1.807, 2.05) is 12.1 Å². The van der Waals surface area contributed by atoms with E-state index in [9.17, 15) is 4.79 Å². The summed E-state index contributed by atoms with van der Waals surface area (Å²) < 4.78 is 10.1. The average Bonchev–Trinajstić information content (AvgIpc) is 3.09. The van der Waals surface area contributed by atoms with E-state index in [2.05, 4.69) is 32.4 Å². The van der Waals surface area contributed by atoms with Crippen molar-refractivity contribution < 1.29 is 14.1 Å². The Morgan fingerprint density at radius 1 is 1.24 bits per heavy atom. The van der Waals surface area contributed by atoms with Crippen LogP contribution in [0.3, 0.4) is 0 Å². The molecule has 0 unspecified atom stereocenters. The first-order valence-corrected chi connectivity index (χ1v) is 8.48. The number of ether oxygens (including phenoxy) is 1. The van der Waals surface area contributed by atoms with Crippen LogP contribution in [0.15, 0.2) is 34.9 Å². The van der Waals surface area contributed by atoms with E-state index >= 15 is 0 Å². The Morgan fingerprint density at radius 2 is 1.96 bits per heavy atom. The molecule has 7 heteroatoms. The quantitative estimate of drug-likeness (QED) is 0.857. The molecule has 2 heterocycles. The third kappa shape index (κ3) is 4.51. The Kier molecular flexibility index (Phi) is 5.55. The first kappa shape index (κ1) is 17.3. The summed E-state index contributed by atoms with van der Waals surface area (Å²) >= 11 is 0. The number of benzene rings is 1. The summed E-state index contributed by atoms with van der Waals surface area (Å²) in [5, 5.41) is 6.61. The molecule has 1 aliphatic heterocycles. The van der Waals surface area contributed by atoms with Crippen LogP contribution in [0, 0.1) is 6.92 Å². The number of aryl methyl sites for hydroxylation is 1. The molecule has 3 rings (SSSR count). The lowest BCUT2D eigenvalue weighted by Crippen LogP contribution is -2.48. The fourth-order valence-corrected chi connectivity index (χ4v) is 2.91. The zero-order valence-corrected chi connectivity index (χ0v) is 14.7. The van der Waals surface area contributed by atoms with Crippen LogP contribution in [0.2, 0.25) is 0 Å². The van der Waals surface area contributed by atoms with Gasteiger partial charge in [-0.15, -0.1) is 0 Å². The summed E-state index contributed by atoms with van der Waals surface area (Å²) in [6.07, 6.45) is 0. The minimum absolute atomic E-state index is 0.186. The van der Waals surface area contributed by atoms with Crippen LogP contribution in [0.25, 0.3) is 0 Å². The van der Waals surface area contributed by atoms with Crippen LogP contribution in [0.4, 0.5) is 5.69 Å². The zero-order valence-electron chi connectivity index (χ0n) is 14.7. The number of hydrogen-bond donors (Lipinski definition) is 1. The second-order valence-corrected chi connectivity index (χ2v) is 6.11. The van der Waals surface area contributed by atoms with Gasteiger partial charge in [-0.3, -0.25) is 9.69 Å². The van der Waals surface area contributed by atoms with Gasteiger partial charge in [0.15, 0.2) is 5.69 Å². The van der Waals surface area contributed by atoms with Gasteiger partial charge in [-0.05, 0) is 31.2 Å². The second-order valence-electron chi connectivity index (χ2n) is 6.11. The largest absolute Gasteiger partial charge is 0.497 e. The van der Waals surface area contributed by atoms with Gasteiger partial charge >= 0.3 is 0 Å². The van der Waals surface area contributed by atoms with Crippen molar-refractivity contribution in [3.63, 3.8) is 0 Å². The smallest absolute Gasteiger partial charge is 0.273 e. The van der Waals surface area contributed by atoms with Crippen LogP contribution in [-0.4, -0.2) is 62.3 Å². The van der Waals surface area contributed by atoms with Gasteiger partial charge in [-0.2, -0.15) is 0 Å². The molecule has 1 N–H and O–H groups in total. The van der Waals surface area contributed by atoms with Gasteiger partial charge in [0.05, 0.1) is 7.11 Å². The maximum atomic E-state index is 11.9. The van der Waals surface area contributed by atoms with Crippen molar-refractivity contribution in [3.05, 3.63) is 41.8 Å². The predicted molar refractivity (Wildman–Crippen MR) is 95.2 cm³/mol. The number of rotatable bonds is 6. The van der Waals surface area contributed by atoms with Crippen molar-refractivity contribution >= 4 is 11.6 Å².